The van der Waals surface area contributed by atoms with Gasteiger partial charge in [0.2, 0.25) is 0 Å². The molecule has 0 saturated heterocycles. The van der Waals surface area contributed by atoms with Crippen LogP contribution in [0.4, 0.5) is 0 Å². The zero-order chi connectivity index (χ0) is 9.90. The predicted octanol–water partition coefficient (Wildman–Crippen LogP) is 2.72. The molecule has 0 aliphatic heterocycles. The molecular weight excluding hydrogens is 204 g/mol. The van der Waals surface area contributed by atoms with Gasteiger partial charge in [-0.05, 0) is 13.8 Å². The zero-order valence-corrected chi connectivity index (χ0v) is 9.37. The van der Waals surface area contributed by atoms with Gasteiger partial charge in [-0.3, -0.25) is 0 Å². The molecule has 13 heavy (non-hydrogen) atoms. The molecule has 0 aromatic carbocycles. The summed E-state index contributed by atoms with van der Waals surface area (Å²) in [5, 5.41) is 6.92. The van der Waals surface area contributed by atoms with Gasteiger partial charge in [0.05, 0.1) is 5.54 Å². The minimum Gasteiger partial charge on any atom is -0.301 e. The summed E-state index contributed by atoms with van der Waals surface area (Å²) in [6, 6.07) is 0. The van der Waals surface area contributed by atoms with Crippen molar-refractivity contribution < 1.29 is 0 Å². The number of halogens is 1. The minimum absolute atomic E-state index is 0.133. The summed E-state index contributed by atoms with van der Waals surface area (Å²) in [5.41, 5.74) is -0.133. The molecule has 0 aliphatic carbocycles. The summed E-state index contributed by atoms with van der Waals surface area (Å²) < 4.78 is 0. The molecule has 1 heterocycles. The van der Waals surface area contributed by atoms with Crippen LogP contribution in [-0.2, 0) is 5.54 Å². The molecule has 1 N–H and O–H groups in total. The second kappa shape index (κ2) is 4.22. The molecule has 0 spiro atoms. The second-order valence-corrected chi connectivity index (χ2v) is 4.76. The van der Waals surface area contributed by atoms with E-state index in [1.165, 1.54) is 0 Å². The Morgan fingerprint density at radius 3 is 2.92 bits per heavy atom. The van der Waals surface area contributed by atoms with Gasteiger partial charge in [0, 0.05) is 23.2 Å². The first kappa shape index (κ1) is 10.7. The van der Waals surface area contributed by atoms with Gasteiger partial charge >= 0.3 is 0 Å². The highest BCUT2D eigenvalue weighted by molar-refractivity contribution is 7.09. The Hall–Kier alpha value is -0.380. The molecule has 4 heteroatoms. The number of hydrogen-bond acceptors (Lipinski definition) is 3. The lowest BCUT2D eigenvalue weighted by Crippen LogP contribution is -2.37. The Labute approximate surface area is 87.6 Å². The van der Waals surface area contributed by atoms with Crippen LogP contribution in [0.5, 0.6) is 0 Å². The molecule has 0 unspecified atom stereocenters. The number of nitrogens with zero attached hydrogens (tertiary/aromatic N) is 1. The second-order valence-electron chi connectivity index (χ2n) is 3.33. The highest BCUT2D eigenvalue weighted by Crippen LogP contribution is 2.21. The summed E-state index contributed by atoms with van der Waals surface area (Å²) in [6.07, 6.45) is 1.80. The van der Waals surface area contributed by atoms with Crippen LogP contribution in [0.1, 0.15) is 18.9 Å². The average Bonchev–Trinajstić information content (AvgIpc) is 2.53. The van der Waals surface area contributed by atoms with Crippen molar-refractivity contribution in [2.24, 2.45) is 0 Å². The lowest BCUT2D eigenvalue weighted by atomic mass is 10.1. The maximum Gasteiger partial charge on any atom is 0.112 e. The van der Waals surface area contributed by atoms with Crippen molar-refractivity contribution >= 4 is 22.9 Å². The van der Waals surface area contributed by atoms with E-state index >= 15 is 0 Å². The third-order valence-corrected chi connectivity index (χ3v) is 2.92. The van der Waals surface area contributed by atoms with Crippen LogP contribution < -0.4 is 5.32 Å². The Morgan fingerprint density at radius 1 is 1.77 bits per heavy atom. The topological polar surface area (TPSA) is 24.9 Å². The molecule has 0 amide bonds. The maximum absolute atomic E-state index is 5.67. The zero-order valence-electron chi connectivity index (χ0n) is 7.80. The number of aromatic nitrogens is 1. The fraction of sp³-hybridized carbons (Fsp3) is 0.444. The van der Waals surface area contributed by atoms with Crippen LogP contribution in [0.15, 0.2) is 23.2 Å². The van der Waals surface area contributed by atoms with E-state index in [1.54, 1.807) is 17.5 Å². The molecule has 0 aliphatic rings. The largest absolute Gasteiger partial charge is 0.301 e. The summed E-state index contributed by atoms with van der Waals surface area (Å²) in [5.74, 6) is 0. The van der Waals surface area contributed by atoms with Gasteiger partial charge in [-0.2, -0.15) is 0 Å². The maximum atomic E-state index is 5.67. The van der Waals surface area contributed by atoms with Gasteiger partial charge in [-0.15, -0.1) is 11.3 Å². The van der Waals surface area contributed by atoms with Crippen molar-refractivity contribution in [2.75, 3.05) is 6.54 Å². The Morgan fingerprint density at radius 2 is 2.46 bits per heavy atom. The summed E-state index contributed by atoms with van der Waals surface area (Å²) in [7, 11) is 0. The van der Waals surface area contributed by atoms with Crippen molar-refractivity contribution in [3.05, 3.63) is 28.2 Å². The van der Waals surface area contributed by atoms with Crippen molar-refractivity contribution in [1.29, 1.82) is 0 Å². The number of nitrogens with one attached hydrogen (secondary N) is 1. The van der Waals surface area contributed by atoms with E-state index in [9.17, 15) is 0 Å². The predicted molar refractivity (Wildman–Crippen MR) is 58.1 cm³/mol. The molecule has 1 aromatic rings. The minimum atomic E-state index is -0.133. The molecule has 0 fully saturated rings. The first-order valence-electron chi connectivity index (χ1n) is 4.00. The molecule has 2 nitrogen and oxygen atoms in total. The number of thiazole rings is 1. The van der Waals surface area contributed by atoms with Crippen molar-refractivity contribution in [2.45, 2.75) is 19.4 Å². The smallest absolute Gasteiger partial charge is 0.112 e. The first-order chi connectivity index (χ1) is 6.02. The van der Waals surface area contributed by atoms with Crippen molar-refractivity contribution in [1.82, 2.24) is 10.3 Å². The van der Waals surface area contributed by atoms with Crippen LogP contribution in [0.3, 0.4) is 0 Å². The molecule has 1 rings (SSSR count). The molecule has 0 atom stereocenters. The van der Waals surface area contributed by atoms with Gasteiger partial charge in [0.15, 0.2) is 0 Å². The van der Waals surface area contributed by atoms with Crippen molar-refractivity contribution in [3.63, 3.8) is 0 Å². The summed E-state index contributed by atoms with van der Waals surface area (Å²) in [6.45, 7) is 8.38. The molecule has 1 aromatic heterocycles. The van der Waals surface area contributed by atoms with Gasteiger partial charge < -0.3 is 5.32 Å². The van der Waals surface area contributed by atoms with Crippen LogP contribution in [0.2, 0.25) is 0 Å². The fourth-order valence-corrected chi connectivity index (χ4v) is 1.73. The number of rotatable bonds is 4. The van der Waals surface area contributed by atoms with E-state index in [2.05, 4.69) is 30.7 Å². The van der Waals surface area contributed by atoms with Gasteiger partial charge in [-0.25, -0.2) is 4.98 Å². The van der Waals surface area contributed by atoms with E-state index in [0.29, 0.717) is 11.6 Å². The first-order valence-corrected chi connectivity index (χ1v) is 5.26. The molecule has 0 saturated carbocycles. The van der Waals surface area contributed by atoms with E-state index in [0.717, 1.165) is 5.01 Å². The van der Waals surface area contributed by atoms with Crippen LogP contribution in [-0.4, -0.2) is 11.5 Å². The number of hydrogen-bond donors (Lipinski definition) is 1. The van der Waals surface area contributed by atoms with Crippen LogP contribution >= 0.6 is 22.9 Å². The van der Waals surface area contributed by atoms with Gasteiger partial charge in [0.25, 0.3) is 0 Å². The van der Waals surface area contributed by atoms with Gasteiger partial charge in [0.1, 0.15) is 5.01 Å². The standard InChI is InChI=1S/C9H13ClN2S/c1-7(10)6-12-9(2,3)8-11-4-5-13-8/h4-5,12H,1,6H2,2-3H3. The van der Waals surface area contributed by atoms with E-state index in [-0.39, 0.29) is 5.54 Å². The molecule has 0 bridgehead atoms. The Balaban J connectivity index is 2.61. The van der Waals surface area contributed by atoms with Crippen LogP contribution in [0.25, 0.3) is 0 Å². The fourth-order valence-electron chi connectivity index (χ4n) is 0.925. The normalized spacial score (nSPS) is 11.6. The summed E-state index contributed by atoms with van der Waals surface area (Å²) in [4.78, 5) is 4.25. The van der Waals surface area contributed by atoms with E-state index in [4.69, 9.17) is 11.6 Å². The van der Waals surface area contributed by atoms with Crippen LogP contribution in [0, 0.1) is 0 Å². The quantitative estimate of drug-likeness (QED) is 0.837. The lowest BCUT2D eigenvalue weighted by Gasteiger charge is -2.23. The van der Waals surface area contributed by atoms with Gasteiger partial charge in [-0.1, -0.05) is 18.2 Å². The highest BCUT2D eigenvalue weighted by atomic mass is 35.5. The molecule has 0 radical (unpaired) electrons. The van der Waals surface area contributed by atoms with E-state index < -0.39 is 0 Å². The lowest BCUT2D eigenvalue weighted by molar-refractivity contribution is 0.422. The summed E-state index contributed by atoms with van der Waals surface area (Å²) >= 11 is 7.31. The Kier molecular flexibility index (Phi) is 3.47. The third kappa shape index (κ3) is 3.10. The van der Waals surface area contributed by atoms with E-state index in [1.807, 2.05) is 5.38 Å². The highest BCUT2D eigenvalue weighted by Gasteiger charge is 2.21. The molecule has 72 valence electrons. The van der Waals surface area contributed by atoms with Crippen molar-refractivity contribution in [3.8, 4) is 0 Å². The average molecular weight is 217 g/mol. The molecular formula is C9H13ClN2S. The third-order valence-electron chi connectivity index (χ3n) is 1.69. The Bertz CT molecular complexity index is 280. The monoisotopic (exact) mass is 216 g/mol. The SMILES string of the molecule is C=C(Cl)CNC(C)(C)c1nccs1.